The van der Waals surface area contributed by atoms with Crippen molar-refractivity contribution in [3.63, 3.8) is 0 Å². The van der Waals surface area contributed by atoms with Crippen LogP contribution in [0.15, 0.2) is 12.3 Å². The summed E-state index contributed by atoms with van der Waals surface area (Å²) in [6, 6.07) is 0.728. The molecule has 0 saturated carbocycles. The van der Waals surface area contributed by atoms with Gasteiger partial charge in [-0.05, 0) is 6.07 Å². The third-order valence-electron chi connectivity index (χ3n) is 3.07. The highest BCUT2D eigenvalue weighted by atomic mass is 16.5. The van der Waals surface area contributed by atoms with Gasteiger partial charge in [0.15, 0.2) is 0 Å². The first kappa shape index (κ1) is 12.6. The van der Waals surface area contributed by atoms with Crippen molar-refractivity contribution in [3.05, 3.63) is 18.0 Å². The number of likely N-dealkylation sites (tertiary alicyclic amines) is 1. The fourth-order valence-corrected chi connectivity index (χ4v) is 2.10. The minimum Gasteiger partial charge on any atom is -0.480 e. The first-order valence-corrected chi connectivity index (χ1v) is 5.59. The minimum absolute atomic E-state index is 0.237. The summed E-state index contributed by atoms with van der Waals surface area (Å²) in [4.78, 5) is 24.6. The van der Waals surface area contributed by atoms with Gasteiger partial charge in [0, 0.05) is 33.3 Å². The third kappa shape index (κ3) is 2.21. The fourth-order valence-electron chi connectivity index (χ4n) is 2.10. The summed E-state index contributed by atoms with van der Waals surface area (Å²) in [5.41, 5.74) is 0.250. The van der Waals surface area contributed by atoms with Gasteiger partial charge in [0.05, 0.1) is 6.10 Å². The number of carboxylic acids is 1. The fraction of sp³-hybridized carbons (Fsp3) is 0.545. The second-order valence-electron chi connectivity index (χ2n) is 4.28. The number of hydrogen-bond acceptors (Lipinski definition) is 4. The standard InChI is InChI=1S/C11H15N3O4/c1-13-4-3-8(12-13)10(15)14-6-7(18-2)5-9(14)11(16)17/h3-4,7,9H,5-6H2,1-2H3,(H,16,17). The Labute approximate surface area is 104 Å². The van der Waals surface area contributed by atoms with Gasteiger partial charge in [0.1, 0.15) is 11.7 Å². The van der Waals surface area contributed by atoms with Crippen molar-refractivity contribution in [2.24, 2.45) is 7.05 Å². The second-order valence-corrected chi connectivity index (χ2v) is 4.28. The van der Waals surface area contributed by atoms with Crippen molar-refractivity contribution < 1.29 is 19.4 Å². The molecule has 98 valence electrons. The van der Waals surface area contributed by atoms with Crippen LogP contribution in [-0.2, 0) is 16.6 Å². The van der Waals surface area contributed by atoms with E-state index < -0.39 is 12.0 Å². The van der Waals surface area contributed by atoms with Crippen LogP contribution < -0.4 is 0 Å². The van der Waals surface area contributed by atoms with E-state index in [1.807, 2.05) is 0 Å². The van der Waals surface area contributed by atoms with Gasteiger partial charge in [-0.15, -0.1) is 0 Å². The van der Waals surface area contributed by atoms with Gasteiger partial charge in [0.25, 0.3) is 5.91 Å². The summed E-state index contributed by atoms with van der Waals surface area (Å²) in [5, 5.41) is 13.1. The van der Waals surface area contributed by atoms with Crippen LogP contribution in [0.1, 0.15) is 16.9 Å². The van der Waals surface area contributed by atoms with Crippen LogP contribution in [0.5, 0.6) is 0 Å². The van der Waals surface area contributed by atoms with Gasteiger partial charge in [-0.3, -0.25) is 9.48 Å². The number of rotatable bonds is 3. The number of amides is 1. The topological polar surface area (TPSA) is 84.7 Å². The Balaban J connectivity index is 2.20. The summed E-state index contributed by atoms with van der Waals surface area (Å²) in [7, 11) is 3.21. The van der Waals surface area contributed by atoms with Crippen LogP contribution in [-0.4, -0.2) is 57.5 Å². The Hall–Kier alpha value is -1.89. The van der Waals surface area contributed by atoms with E-state index in [0.29, 0.717) is 6.42 Å². The summed E-state index contributed by atoms with van der Waals surface area (Å²) in [6.45, 7) is 0.281. The lowest BCUT2D eigenvalue weighted by molar-refractivity contribution is -0.141. The average molecular weight is 253 g/mol. The number of aryl methyl sites for hydroxylation is 1. The predicted molar refractivity (Wildman–Crippen MR) is 61.1 cm³/mol. The van der Waals surface area contributed by atoms with Crippen LogP contribution in [0.4, 0.5) is 0 Å². The Morgan fingerprint density at radius 2 is 2.28 bits per heavy atom. The third-order valence-corrected chi connectivity index (χ3v) is 3.07. The van der Waals surface area contributed by atoms with Crippen LogP contribution >= 0.6 is 0 Å². The van der Waals surface area contributed by atoms with Gasteiger partial charge in [-0.1, -0.05) is 0 Å². The summed E-state index contributed by atoms with van der Waals surface area (Å²) >= 11 is 0. The zero-order chi connectivity index (χ0) is 13.3. The number of hydrogen-bond donors (Lipinski definition) is 1. The Morgan fingerprint density at radius 1 is 1.56 bits per heavy atom. The van der Waals surface area contributed by atoms with Gasteiger partial charge >= 0.3 is 5.97 Å². The van der Waals surface area contributed by atoms with Crippen molar-refractivity contribution in [1.29, 1.82) is 0 Å². The van der Waals surface area contributed by atoms with Crippen molar-refractivity contribution in [1.82, 2.24) is 14.7 Å². The molecule has 18 heavy (non-hydrogen) atoms. The SMILES string of the molecule is COC1CC(C(=O)O)N(C(=O)c2ccn(C)n2)C1. The van der Waals surface area contributed by atoms with E-state index in [9.17, 15) is 9.59 Å². The van der Waals surface area contributed by atoms with E-state index in [2.05, 4.69) is 5.10 Å². The Morgan fingerprint density at radius 3 is 2.78 bits per heavy atom. The summed E-state index contributed by atoms with van der Waals surface area (Å²) < 4.78 is 6.64. The molecular weight excluding hydrogens is 238 g/mol. The molecule has 0 aromatic carbocycles. The van der Waals surface area contributed by atoms with E-state index in [-0.39, 0.29) is 24.2 Å². The van der Waals surface area contributed by atoms with Crippen LogP contribution in [0.3, 0.4) is 0 Å². The quantitative estimate of drug-likeness (QED) is 0.801. The van der Waals surface area contributed by atoms with E-state index in [4.69, 9.17) is 9.84 Å². The molecule has 1 saturated heterocycles. The Kier molecular flexibility index (Phi) is 3.33. The number of carbonyl (C=O) groups excluding carboxylic acids is 1. The van der Waals surface area contributed by atoms with Crippen LogP contribution in [0.2, 0.25) is 0 Å². The van der Waals surface area contributed by atoms with Crippen molar-refractivity contribution in [2.75, 3.05) is 13.7 Å². The maximum atomic E-state index is 12.2. The molecule has 0 spiro atoms. The molecular formula is C11H15N3O4. The second kappa shape index (κ2) is 4.77. The molecule has 2 atom stereocenters. The largest absolute Gasteiger partial charge is 0.480 e. The molecule has 2 heterocycles. The molecule has 2 unspecified atom stereocenters. The molecule has 1 fully saturated rings. The van der Waals surface area contributed by atoms with Gasteiger partial charge in [-0.2, -0.15) is 5.10 Å². The Bertz CT molecular complexity index is 471. The number of ether oxygens (including phenoxy) is 1. The highest BCUT2D eigenvalue weighted by Gasteiger charge is 2.40. The molecule has 0 bridgehead atoms. The normalized spacial score (nSPS) is 23.3. The number of aromatic nitrogens is 2. The van der Waals surface area contributed by atoms with E-state index in [1.54, 1.807) is 19.3 Å². The van der Waals surface area contributed by atoms with Crippen LogP contribution in [0.25, 0.3) is 0 Å². The van der Waals surface area contributed by atoms with E-state index >= 15 is 0 Å². The van der Waals surface area contributed by atoms with Crippen molar-refractivity contribution in [2.45, 2.75) is 18.6 Å². The van der Waals surface area contributed by atoms with Gasteiger partial charge < -0.3 is 14.7 Å². The molecule has 1 aromatic rings. The van der Waals surface area contributed by atoms with Crippen molar-refractivity contribution >= 4 is 11.9 Å². The maximum absolute atomic E-state index is 12.2. The lowest BCUT2D eigenvalue weighted by Crippen LogP contribution is -2.40. The lowest BCUT2D eigenvalue weighted by Gasteiger charge is -2.19. The number of carbonyl (C=O) groups is 2. The molecule has 0 aliphatic carbocycles. The molecule has 1 aliphatic rings. The monoisotopic (exact) mass is 253 g/mol. The molecule has 1 amide bonds. The number of methoxy groups -OCH3 is 1. The maximum Gasteiger partial charge on any atom is 0.326 e. The number of carboxylic acid groups (broad SMARTS) is 1. The van der Waals surface area contributed by atoms with Gasteiger partial charge in [-0.25, -0.2) is 4.79 Å². The zero-order valence-corrected chi connectivity index (χ0v) is 10.2. The van der Waals surface area contributed by atoms with Crippen molar-refractivity contribution in [3.8, 4) is 0 Å². The smallest absolute Gasteiger partial charge is 0.326 e. The lowest BCUT2D eigenvalue weighted by atomic mass is 10.2. The highest BCUT2D eigenvalue weighted by Crippen LogP contribution is 2.22. The average Bonchev–Trinajstić information content (AvgIpc) is 2.93. The molecule has 7 nitrogen and oxygen atoms in total. The molecule has 1 aliphatic heterocycles. The van der Waals surface area contributed by atoms with E-state index in [0.717, 1.165) is 0 Å². The molecule has 2 rings (SSSR count). The minimum atomic E-state index is -1.01. The predicted octanol–water partition coefficient (Wildman–Crippen LogP) is -0.266. The van der Waals surface area contributed by atoms with Gasteiger partial charge in [0.2, 0.25) is 0 Å². The zero-order valence-electron chi connectivity index (χ0n) is 10.2. The molecule has 0 radical (unpaired) electrons. The first-order chi connectivity index (χ1) is 8.52. The number of aliphatic carboxylic acids is 1. The molecule has 7 heteroatoms. The van der Waals surface area contributed by atoms with E-state index in [1.165, 1.54) is 16.7 Å². The molecule has 1 aromatic heterocycles. The number of nitrogens with zero attached hydrogens (tertiary/aromatic N) is 3. The van der Waals surface area contributed by atoms with Crippen LogP contribution in [0, 0.1) is 0 Å². The highest BCUT2D eigenvalue weighted by molar-refractivity contribution is 5.95. The summed E-state index contributed by atoms with van der Waals surface area (Å²) in [6.07, 6.45) is 1.72. The summed E-state index contributed by atoms with van der Waals surface area (Å²) in [5.74, 6) is -1.39. The molecule has 1 N–H and O–H groups in total. The first-order valence-electron chi connectivity index (χ1n) is 5.59.